The molecule has 10 heteroatoms. The SMILES string of the molecule is Cc1cc(C(=O)NCC(F)(F)F)ccc1-c1ccnc(Nc2cnn(C)c2)n1. The number of aromatic nitrogens is 4. The van der Waals surface area contributed by atoms with Crippen LogP contribution in [0.2, 0.25) is 0 Å². The van der Waals surface area contributed by atoms with Gasteiger partial charge in [-0.3, -0.25) is 9.48 Å². The molecular formula is C18H17F3N6O. The molecule has 0 spiro atoms. The van der Waals surface area contributed by atoms with Gasteiger partial charge in [-0.1, -0.05) is 6.07 Å². The maximum absolute atomic E-state index is 12.3. The zero-order chi connectivity index (χ0) is 20.3. The van der Waals surface area contributed by atoms with Gasteiger partial charge >= 0.3 is 6.18 Å². The summed E-state index contributed by atoms with van der Waals surface area (Å²) in [5.74, 6) is -0.412. The Morgan fingerprint density at radius 3 is 2.68 bits per heavy atom. The molecule has 28 heavy (non-hydrogen) atoms. The average Bonchev–Trinajstić information content (AvgIpc) is 3.04. The molecule has 7 nitrogen and oxygen atoms in total. The number of benzene rings is 1. The van der Waals surface area contributed by atoms with Crippen molar-refractivity contribution in [2.75, 3.05) is 11.9 Å². The van der Waals surface area contributed by atoms with Gasteiger partial charge in [-0.05, 0) is 30.7 Å². The molecule has 3 rings (SSSR count). The van der Waals surface area contributed by atoms with Crippen molar-refractivity contribution in [3.05, 3.63) is 54.0 Å². The molecule has 2 heterocycles. The summed E-state index contributed by atoms with van der Waals surface area (Å²) in [6.45, 7) is 0.383. The van der Waals surface area contributed by atoms with Gasteiger partial charge in [0.15, 0.2) is 0 Å². The molecular weight excluding hydrogens is 373 g/mol. The van der Waals surface area contributed by atoms with E-state index in [2.05, 4.69) is 20.4 Å². The number of rotatable bonds is 5. The number of aryl methyl sites for hydroxylation is 2. The van der Waals surface area contributed by atoms with Gasteiger partial charge in [-0.15, -0.1) is 0 Å². The molecule has 0 saturated heterocycles. The lowest BCUT2D eigenvalue weighted by atomic mass is 10.0. The number of halogens is 3. The van der Waals surface area contributed by atoms with Crippen LogP contribution in [0.15, 0.2) is 42.9 Å². The summed E-state index contributed by atoms with van der Waals surface area (Å²) in [6, 6.07) is 6.34. The van der Waals surface area contributed by atoms with Crippen molar-refractivity contribution >= 4 is 17.5 Å². The van der Waals surface area contributed by atoms with Crippen molar-refractivity contribution < 1.29 is 18.0 Å². The first-order valence-electron chi connectivity index (χ1n) is 8.26. The highest BCUT2D eigenvalue weighted by molar-refractivity contribution is 5.95. The minimum absolute atomic E-state index is 0.147. The van der Waals surface area contributed by atoms with E-state index in [0.717, 1.165) is 11.3 Å². The Hall–Kier alpha value is -3.43. The van der Waals surface area contributed by atoms with E-state index in [0.29, 0.717) is 17.2 Å². The van der Waals surface area contributed by atoms with Gasteiger partial charge in [0.25, 0.3) is 5.91 Å². The van der Waals surface area contributed by atoms with Gasteiger partial charge in [0, 0.05) is 30.6 Å². The van der Waals surface area contributed by atoms with Gasteiger partial charge in [0.1, 0.15) is 6.54 Å². The molecule has 0 atom stereocenters. The smallest absolute Gasteiger partial charge is 0.343 e. The lowest BCUT2D eigenvalue weighted by Crippen LogP contribution is -2.33. The quantitative estimate of drug-likeness (QED) is 0.699. The topological polar surface area (TPSA) is 84.7 Å². The van der Waals surface area contributed by atoms with Crippen LogP contribution in [0.3, 0.4) is 0 Å². The van der Waals surface area contributed by atoms with Crippen LogP contribution in [0.1, 0.15) is 15.9 Å². The Morgan fingerprint density at radius 1 is 1.25 bits per heavy atom. The number of hydrogen-bond donors (Lipinski definition) is 2. The molecule has 0 fully saturated rings. The largest absolute Gasteiger partial charge is 0.405 e. The molecule has 0 aliphatic rings. The summed E-state index contributed by atoms with van der Waals surface area (Å²) in [5.41, 5.74) is 2.93. The summed E-state index contributed by atoms with van der Waals surface area (Å²) in [5, 5.41) is 8.95. The van der Waals surface area contributed by atoms with E-state index in [-0.39, 0.29) is 5.56 Å². The molecule has 3 aromatic rings. The first-order valence-corrected chi connectivity index (χ1v) is 8.26. The maximum atomic E-state index is 12.3. The van der Waals surface area contributed by atoms with Gasteiger partial charge in [-0.2, -0.15) is 18.3 Å². The summed E-state index contributed by atoms with van der Waals surface area (Å²) in [4.78, 5) is 20.5. The van der Waals surface area contributed by atoms with Crippen molar-refractivity contribution in [3.8, 4) is 11.3 Å². The number of nitrogens with one attached hydrogen (secondary N) is 2. The molecule has 0 unspecified atom stereocenters. The van der Waals surface area contributed by atoms with E-state index in [1.807, 2.05) is 5.32 Å². The second kappa shape index (κ2) is 7.67. The van der Waals surface area contributed by atoms with Crippen molar-refractivity contribution in [2.24, 2.45) is 7.05 Å². The van der Waals surface area contributed by atoms with Crippen molar-refractivity contribution in [1.82, 2.24) is 25.1 Å². The molecule has 2 aromatic heterocycles. The zero-order valence-electron chi connectivity index (χ0n) is 15.1. The Morgan fingerprint density at radius 2 is 2.04 bits per heavy atom. The highest BCUT2D eigenvalue weighted by atomic mass is 19.4. The third-order valence-corrected chi connectivity index (χ3v) is 3.83. The van der Waals surface area contributed by atoms with Crippen LogP contribution in [0.25, 0.3) is 11.3 Å². The fourth-order valence-corrected chi connectivity index (χ4v) is 2.56. The molecule has 0 aliphatic heterocycles. The highest BCUT2D eigenvalue weighted by Crippen LogP contribution is 2.24. The standard InChI is InChI=1S/C18H17F3N6O/c1-11-7-12(16(28)23-10-18(19,20)21)3-4-14(11)15-5-6-22-17(26-15)25-13-8-24-27(2)9-13/h3-9H,10H2,1-2H3,(H,23,28)(H,22,25,26). The minimum atomic E-state index is -4.46. The van der Waals surface area contributed by atoms with Crippen molar-refractivity contribution in [3.63, 3.8) is 0 Å². The first kappa shape index (κ1) is 19.3. The van der Waals surface area contributed by atoms with E-state index in [4.69, 9.17) is 0 Å². The van der Waals surface area contributed by atoms with Crippen LogP contribution >= 0.6 is 0 Å². The lowest BCUT2D eigenvalue weighted by Gasteiger charge is -2.11. The molecule has 1 aromatic carbocycles. The zero-order valence-corrected chi connectivity index (χ0v) is 15.1. The molecule has 0 bridgehead atoms. The van der Waals surface area contributed by atoms with Crippen LogP contribution in [-0.4, -0.2) is 38.4 Å². The van der Waals surface area contributed by atoms with E-state index in [9.17, 15) is 18.0 Å². The first-order chi connectivity index (χ1) is 13.2. The second-order valence-corrected chi connectivity index (χ2v) is 6.12. The third kappa shape index (κ3) is 4.84. The number of nitrogens with zero attached hydrogens (tertiary/aromatic N) is 4. The molecule has 0 radical (unpaired) electrons. The summed E-state index contributed by atoms with van der Waals surface area (Å²) < 4.78 is 38.4. The number of carbonyl (C=O) groups excluding carboxylic acids is 1. The summed E-state index contributed by atoms with van der Waals surface area (Å²) >= 11 is 0. The van der Waals surface area contributed by atoms with Crippen molar-refractivity contribution in [2.45, 2.75) is 13.1 Å². The Kier molecular flexibility index (Phi) is 5.30. The number of carbonyl (C=O) groups is 1. The normalized spacial score (nSPS) is 11.3. The number of alkyl halides is 3. The number of amides is 1. The van der Waals surface area contributed by atoms with Crippen LogP contribution in [0, 0.1) is 6.92 Å². The monoisotopic (exact) mass is 390 g/mol. The highest BCUT2D eigenvalue weighted by Gasteiger charge is 2.28. The Balaban J connectivity index is 1.78. The molecule has 2 N–H and O–H groups in total. The summed E-state index contributed by atoms with van der Waals surface area (Å²) in [7, 11) is 1.79. The van der Waals surface area contributed by atoms with Gasteiger partial charge in [-0.25, -0.2) is 9.97 Å². The fourth-order valence-electron chi connectivity index (χ4n) is 2.56. The van der Waals surface area contributed by atoms with E-state index < -0.39 is 18.6 Å². The van der Waals surface area contributed by atoms with Crippen LogP contribution in [-0.2, 0) is 7.05 Å². The number of anilines is 2. The van der Waals surface area contributed by atoms with E-state index in [1.165, 1.54) is 12.1 Å². The molecule has 0 aliphatic carbocycles. The number of hydrogen-bond acceptors (Lipinski definition) is 5. The Labute approximate surface area is 158 Å². The summed E-state index contributed by atoms with van der Waals surface area (Å²) in [6.07, 6.45) is 0.541. The average molecular weight is 390 g/mol. The molecule has 1 amide bonds. The van der Waals surface area contributed by atoms with Gasteiger partial charge in [0.2, 0.25) is 5.95 Å². The van der Waals surface area contributed by atoms with Crippen LogP contribution < -0.4 is 10.6 Å². The molecule has 0 saturated carbocycles. The predicted octanol–water partition coefficient (Wildman–Crippen LogP) is 3.22. The maximum Gasteiger partial charge on any atom is 0.405 e. The van der Waals surface area contributed by atoms with Crippen molar-refractivity contribution in [1.29, 1.82) is 0 Å². The van der Waals surface area contributed by atoms with Crippen LogP contribution in [0.5, 0.6) is 0 Å². The lowest BCUT2D eigenvalue weighted by molar-refractivity contribution is -0.123. The predicted molar refractivity (Wildman–Crippen MR) is 97.1 cm³/mol. The second-order valence-electron chi connectivity index (χ2n) is 6.12. The fraction of sp³-hybridized carbons (Fsp3) is 0.222. The third-order valence-electron chi connectivity index (χ3n) is 3.83. The van der Waals surface area contributed by atoms with Gasteiger partial charge < -0.3 is 10.6 Å². The molecule has 146 valence electrons. The van der Waals surface area contributed by atoms with Gasteiger partial charge in [0.05, 0.1) is 17.6 Å². The van der Waals surface area contributed by atoms with Crippen LogP contribution in [0.4, 0.5) is 24.8 Å². The van der Waals surface area contributed by atoms with E-state index >= 15 is 0 Å². The minimum Gasteiger partial charge on any atom is -0.343 e. The Bertz CT molecular complexity index is 999. The van der Waals surface area contributed by atoms with E-state index in [1.54, 1.807) is 49.4 Å².